The van der Waals surface area contributed by atoms with Crippen LogP contribution < -0.4 is 5.32 Å². The molecule has 0 saturated carbocycles. The highest BCUT2D eigenvalue weighted by molar-refractivity contribution is 5.43. The van der Waals surface area contributed by atoms with Crippen LogP contribution in [0, 0.1) is 15.9 Å². The van der Waals surface area contributed by atoms with E-state index in [2.05, 4.69) is 5.32 Å². The average molecular weight is 240 g/mol. The van der Waals surface area contributed by atoms with Gasteiger partial charge in [-0.15, -0.1) is 0 Å². The molecular weight excluding hydrogens is 223 g/mol. The zero-order valence-electron chi connectivity index (χ0n) is 10.2. The summed E-state index contributed by atoms with van der Waals surface area (Å²) in [6.07, 6.45) is 0.715. The largest absolute Gasteiger partial charge is 0.317 e. The second-order valence-electron chi connectivity index (χ2n) is 4.05. The Morgan fingerprint density at radius 1 is 1.53 bits per heavy atom. The molecule has 0 spiro atoms. The number of halogens is 1. The van der Waals surface area contributed by atoms with Crippen LogP contribution >= 0.6 is 0 Å². The molecule has 0 amide bonds. The van der Waals surface area contributed by atoms with E-state index in [-0.39, 0.29) is 17.6 Å². The SMILES string of the molecule is CCC(c1cc(F)ccc1[N+](=O)[O-])C(C)NC. The Morgan fingerprint density at radius 2 is 2.18 bits per heavy atom. The minimum absolute atomic E-state index is 0.0136. The third kappa shape index (κ3) is 3.00. The number of nitro benzene ring substituents is 1. The van der Waals surface area contributed by atoms with Gasteiger partial charge in [0.2, 0.25) is 0 Å². The zero-order chi connectivity index (χ0) is 13.0. The Balaban J connectivity index is 3.25. The molecule has 0 fully saturated rings. The zero-order valence-corrected chi connectivity index (χ0v) is 10.2. The molecule has 0 aliphatic carbocycles. The molecule has 1 rings (SSSR count). The van der Waals surface area contributed by atoms with E-state index in [4.69, 9.17) is 0 Å². The van der Waals surface area contributed by atoms with Gasteiger partial charge in [0.05, 0.1) is 4.92 Å². The molecule has 1 aromatic rings. The first kappa shape index (κ1) is 13.6. The van der Waals surface area contributed by atoms with Crippen LogP contribution in [0.25, 0.3) is 0 Å². The topological polar surface area (TPSA) is 55.2 Å². The van der Waals surface area contributed by atoms with Crippen molar-refractivity contribution in [2.24, 2.45) is 0 Å². The van der Waals surface area contributed by atoms with Crippen LogP contribution in [-0.4, -0.2) is 18.0 Å². The van der Waals surface area contributed by atoms with Gasteiger partial charge < -0.3 is 5.32 Å². The highest BCUT2D eigenvalue weighted by Gasteiger charge is 2.25. The van der Waals surface area contributed by atoms with E-state index in [1.165, 1.54) is 12.1 Å². The summed E-state index contributed by atoms with van der Waals surface area (Å²) in [6.45, 7) is 3.87. The molecule has 1 N–H and O–H groups in total. The fourth-order valence-corrected chi connectivity index (χ4v) is 2.03. The minimum Gasteiger partial charge on any atom is -0.317 e. The van der Waals surface area contributed by atoms with Crippen molar-refractivity contribution >= 4 is 5.69 Å². The Bertz CT molecular complexity index is 409. The van der Waals surface area contributed by atoms with Crippen molar-refractivity contribution in [1.82, 2.24) is 5.32 Å². The smallest absolute Gasteiger partial charge is 0.273 e. The third-order valence-electron chi connectivity index (χ3n) is 3.08. The molecule has 0 aromatic heterocycles. The number of likely N-dealkylation sites (N-methyl/N-ethyl adjacent to an activating group) is 1. The number of nitrogens with one attached hydrogen (secondary N) is 1. The predicted octanol–water partition coefficient (Wildman–Crippen LogP) is 2.84. The van der Waals surface area contributed by atoms with E-state index in [1.54, 1.807) is 7.05 Å². The fraction of sp³-hybridized carbons (Fsp3) is 0.500. The van der Waals surface area contributed by atoms with Crippen LogP contribution in [0.4, 0.5) is 10.1 Å². The maximum absolute atomic E-state index is 13.2. The Hall–Kier alpha value is -1.49. The molecule has 0 heterocycles. The first-order valence-corrected chi connectivity index (χ1v) is 5.62. The van der Waals surface area contributed by atoms with Crippen molar-refractivity contribution in [2.75, 3.05) is 7.05 Å². The quantitative estimate of drug-likeness (QED) is 0.636. The van der Waals surface area contributed by atoms with Gasteiger partial charge in [0.1, 0.15) is 5.82 Å². The second-order valence-corrected chi connectivity index (χ2v) is 4.05. The molecule has 0 saturated heterocycles. The summed E-state index contributed by atoms with van der Waals surface area (Å²) in [5, 5.41) is 14.0. The van der Waals surface area contributed by atoms with Crippen molar-refractivity contribution in [3.05, 3.63) is 39.7 Å². The van der Waals surface area contributed by atoms with Crippen molar-refractivity contribution in [3.63, 3.8) is 0 Å². The molecule has 2 atom stereocenters. The van der Waals surface area contributed by atoms with Crippen LogP contribution in [0.5, 0.6) is 0 Å². The van der Waals surface area contributed by atoms with Gasteiger partial charge in [-0.05, 0) is 32.5 Å². The maximum atomic E-state index is 13.2. The molecule has 4 nitrogen and oxygen atoms in total. The monoisotopic (exact) mass is 240 g/mol. The lowest BCUT2D eigenvalue weighted by Gasteiger charge is -2.22. The van der Waals surface area contributed by atoms with Crippen LogP contribution in [0.3, 0.4) is 0 Å². The lowest BCUT2D eigenvalue weighted by molar-refractivity contribution is -0.385. The molecule has 5 heteroatoms. The lowest BCUT2D eigenvalue weighted by atomic mass is 9.89. The van der Waals surface area contributed by atoms with E-state index in [0.717, 1.165) is 6.07 Å². The fourth-order valence-electron chi connectivity index (χ4n) is 2.03. The van der Waals surface area contributed by atoms with Gasteiger partial charge >= 0.3 is 0 Å². The standard InChI is InChI=1S/C12H17FN2O2/c1-4-10(8(2)14-3)11-7-9(13)5-6-12(11)15(16)17/h5-8,10,14H,4H2,1-3H3. The van der Waals surface area contributed by atoms with Gasteiger partial charge in [0.15, 0.2) is 0 Å². The number of benzene rings is 1. The van der Waals surface area contributed by atoms with Gasteiger partial charge in [-0.25, -0.2) is 4.39 Å². The highest BCUT2D eigenvalue weighted by atomic mass is 19.1. The molecule has 0 aliphatic heterocycles. The number of hydrogen-bond acceptors (Lipinski definition) is 3. The molecule has 0 bridgehead atoms. The summed E-state index contributed by atoms with van der Waals surface area (Å²) in [7, 11) is 1.79. The van der Waals surface area contributed by atoms with E-state index in [1.807, 2.05) is 13.8 Å². The molecule has 0 aliphatic rings. The number of rotatable bonds is 5. The first-order valence-electron chi connectivity index (χ1n) is 5.62. The molecule has 0 radical (unpaired) electrons. The van der Waals surface area contributed by atoms with Crippen molar-refractivity contribution in [3.8, 4) is 0 Å². The van der Waals surface area contributed by atoms with Gasteiger partial charge in [-0.1, -0.05) is 6.92 Å². The summed E-state index contributed by atoms with van der Waals surface area (Å²) in [6, 6.07) is 3.68. The second kappa shape index (κ2) is 5.72. The molecule has 1 aromatic carbocycles. The summed E-state index contributed by atoms with van der Waals surface area (Å²) < 4.78 is 13.2. The first-order chi connectivity index (χ1) is 8.01. The van der Waals surface area contributed by atoms with Gasteiger partial charge in [-0.3, -0.25) is 10.1 Å². The number of hydrogen-bond donors (Lipinski definition) is 1. The van der Waals surface area contributed by atoms with E-state index < -0.39 is 10.7 Å². The van der Waals surface area contributed by atoms with Gasteiger partial charge in [0.25, 0.3) is 5.69 Å². The van der Waals surface area contributed by atoms with Crippen LogP contribution in [-0.2, 0) is 0 Å². The summed E-state index contributed by atoms with van der Waals surface area (Å²) >= 11 is 0. The molecule has 17 heavy (non-hydrogen) atoms. The third-order valence-corrected chi connectivity index (χ3v) is 3.08. The molecule has 94 valence electrons. The van der Waals surface area contributed by atoms with Crippen molar-refractivity contribution < 1.29 is 9.31 Å². The maximum Gasteiger partial charge on any atom is 0.273 e. The Morgan fingerprint density at radius 3 is 2.65 bits per heavy atom. The van der Waals surface area contributed by atoms with Gasteiger partial charge in [-0.2, -0.15) is 0 Å². The van der Waals surface area contributed by atoms with Gasteiger partial charge in [0, 0.05) is 23.6 Å². The predicted molar refractivity (Wildman–Crippen MR) is 64.6 cm³/mol. The minimum atomic E-state index is -0.459. The normalized spacial score (nSPS) is 14.4. The molecular formula is C12H17FN2O2. The summed E-state index contributed by atoms with van der Waals surface area (Å²) in [5.41, 5.74) is 0.444. The van der Waals surface area contributed by atoms with Crippen LogP contribution in [0.2, 0.25) is 0 Å². The Labute approximate surface area is 100.0 Å². The summed E-state index contributed by atoms with van der Waals surface area (Å²) in [5.74, 6) is -0.511. The van der Waals surface area contributed by atoms with Crippen LogP contribution in [0.1, 0.15) is 31.7 Å². The van der Waals surface area contributed by atoms with E-state index in [9.17, 15) is 14.5 Å². The van der Waals surface area contributed by atoms with E-state index in [0.29, 0.717) is 12.0 Å². The number of nitrogens with zero attached hydrogens (tertiary/aromatic N) is 1. The van der Waals surface area contributed by atoms with Crippen LogP contribution in [0.15, 0.2) is 18.2 Å². The summed E-state index contributed by atoms with van der Waals surface area (Å²) in [4.78, 5) is 10.5. The number of nitro groups is 1. The van der Waals surface area contributed by atoms with Crippen molar-refractivity contribution in [1.29, 1.82) is 0 Å². The highest BCUT2D eigenvalue weighted by Crippen LogP contribution is 2.31. The average Bonchev–Trinajstić information content (AvgIpc) is 2.29. The Kier molecular flexibility index (Phi) is 4.57. The van der Waals surface area contributed by atoms with E-state index >= 15 is 0 Å². The molecule has 2 unspecified atom stereocenters. The van der Waals surface area contributed by atoms with Crippen molar-refractivity contribution in [2.45, 2.75) is 32.2 Å². The lowest BCUT2D eigenvalue weighted by Crippen LogP contribution is -2.29.